The summed E-state index contributed by atoms with van der Waals surface area (Å²) in [6, 6.07) is 6.27. The summed E-state index contributed by atoms with van der Waals surface area (Å²) in [5.74, 6) is 0.485. The third-order valence-electron chi connectivity index (χ3n) is 3.13. The minimum Gasteiger partial charge on any atom is -0.459 e. The van der Waals surface area contributed by atoms with Crippen molar-refractivity contribution in [3.05, 3.63) is 53.8 Å². The summed E-state index contributed by atoms with van der Waals surface area (Å²) >= 11 is 0. The predicted octanol–water partition coefficient (Wildman–Crippen LogP) is 2.61. The predicted molar refractivity (Wildman–Crippen MR) is 70.3 cm³/mol. The van der Waals surface area contributed by atoms with Crippen LogP contribution in [0.2, 0.25) is 0 Å². The molecule has 0 aliphatic heterocycles. The normalized spacial score (nSPS) is 13.0. The van der Waals surface area contributed by atoms with Crippen molar-refractivity contribution in [1.82, 2.24) is 15.1 Å². The molecule has 2 aromatic heterocycles. The molecule has 2 heterocycles. The lowest BCUT2D eigenvalue weighted by Crippen LogP contribution is -2.16. The van der Waals surface area contributed by atoms with Gasteiger partial charge in [-0.1, -0.05) is 0 Å². The van der Waals surface area contributed by atoms with Crippen LogP contribution in [-0.4, -0.2) is 16.8 Å². The third kappa shape index (κ3) is 2.13. The highest BCUT2D eigenvalue weighted by molar-refractivity contribution is 5.78. The number of rotatable bonds is 3. The number of nitrogens with zero attached hydrogens (tertiary/aromatic N) is 2. The van der Waals surface area contributed by atoms with E-state index >= 15 is 0 Å². The zero-order valence-electron chi connectivity index (χ0n) is 10.7. The summed E-state index contributed by atoms with van der Waals surface area (Å²) < 4.78 is 20.7. The Hall–Kier alpha value is -2.14. The molecule has 0 spiro atoms. The van der Waals surface area contributed by atoms with Crippen molar-refractivity contribution >= 4 is 11.0 Å². The van der Waals surface area contributed by atoms with Crippen LogP contribution in [0.15, 0.2) is 41.1 Å². The summed E-state index contributed by atoms with van der Waals surface area (Å²) in [5.41, 5.74) is 1.69. The molecule has 4 nitrogen and oxygen atoms in total. The largest absolute Gasteiger partial charge is 0.459 e. The van der Waals surface area contributed by atoms with Crippen LogP contribution in [0.5, 0.6) is 0 Å². The Labute approximate surface area is 109 Å². The second-order valence-electron chi connectivity index (χ2n) is 4.50. The summed E-state index contributed by atoms with van der Waals surface area (Å²) in [5, 5.41) is 8.10. The van der Waals surface area contributed by atoms with Crippen LogP contribution < -0.4 is 5.32 Å². The standard InChI is InChI=1S/C14H14FN3O/c1-16-14(10-7-17-18(2)8-10)13-6-9-5-11(15)3-4-12(9)19-13/h3-8,14,16H,1-2H3. The highest BCUT2D eigenvalue weighted by atomic mass is 19.1. The number of aryl methyl sites for hydroxylation is 1. The first-order chi connectivity index (χ1) is 9.17. The van der Waals surface area contributed by atoms with E-state index in [-0.39, 0.29) is 11.9 Å². The zero-order chi connectivity index (χ0) is 13.4. The van der Waals surface area contributed by atoms with Crippen LogP contribution in [-0.2, 0) is 7.05 Å². The van der Waals surface area contributed by atoms with Gasteiger partial charge in [0.05, 0.1) is 12.2 Å². The molecule has 0 saturated heterocycles. The van der Waals surface area contributed by atoms with Crippen molar-refractivity contribution in [1.29, 1.82) is 0 Å². The molecular formula is C14H14FN3O. The number of fused-ring (bicyclic) bond motifs is 1. The lowest BCUT2D eigenvalue weighted by Gasteiger charge is -2.10. The first kappa shape index (κ1) is 11.9. The Morgan fingerprint density at radius 3 is 2.89 bits per heavy atom. The molecule has 19 heavy (non-hydrogen) atoms. The number of aromatic nitrogens is 2. The molecule has 98 valence electrons. The number of halogens is 1. The fourth-order valence-electron chi connectivity index (χ4n) is 2.24. The minimum atomic E-state index is -0.262. The SMILES string of the molecule is CNC(c1cnn(C)c1)c1cc2cc(F)ccc2o1. The molecule has 0 bridgehead atoms. The van der Waals surface area contributed by atoms with E-state index < -0.39 is 0 Å². The first-order valence-corrected chi connectivity index (χ1v) is 6.02. The molecule has 1 N–H and O–H groups in total. The highest BCUT2D eigenvalue weighted by Gasteiger charge is 2.18. The number of furan rings is 1. The van der Waals surface area contributed by atoms with Gasteiger partial charge < -0.3 is 9.73 Å². The molecule has 3 rings (SSSR count). The Morgan fingerprint density at radius 1 is 1.37 bits per heavy atom. The van der Waals surface area contributed by atoms with E-state index in [2.05, 4.69) is 10.4 Å². The van der Waals surface area contributed by atoms with E-state index in [1.165, 1.54) is 12.1 Å². The molecular weight excluding hydrogens is 245 g/mol. The van der Waals surface area contributed by atoms with Gasteiger partial charge in [0.15, 0.2) is 0 Å². The van der Waals surface area contributed by atoms with Crippen molar-refractivity contribution in [2.45, 2.75) is 6.04 Å². The quantitative estimate of drug-likeness (QED) is 0.786. The van der Waals surface area contributed by atoms with Gasteiger partial charge in [0.25, 0.3) is 0 Å². The van der Waals surface area contributed by atoms with Crippen LogP contribution in [0.3, 0.4) is 0 Å². The lowest BCUT2D eigenvalue weighted by atomic mass is 10.1. The van der Waals surface area contributed by atoms with Gasteiger partial charge in [-0.2, -0.15) is 5.10 Å². The average molecular weight is 259 g/mol. The van der Waals surface area contributed by atoms with Crippen LogP contribution >= 0.6 is 0 Å². The number of benzene rings is 1. The van der Waals surface area contributed by atoms with Crippen molar-refractivity contribution in [2.75, 3.05) is 7.05 Å². The summed E-state index contributed by atoms with van der Waals surface area (Å²) in [6.45, 7) is 0. The molecule has 0 amide bonds. The smallest absolute Gasteiger partial charge is 0.134 e. The van der Waals surface area contributed by atoms with Crippen molar-refractivity contribution in [2.24, 2.45) is 7.05 Å². The van der Waals surface area contributed by atoms with Gasteiger partial charge in [0.1, 0.15) is 17.2 Å². The van der Waals surface area contributed by atoms with Crippen molar-refractivity contribution < 1.29 is 8.81 Å². The maximum absolute atomic E-state index is 13.2. The van der Waals surface area contributed by atoms with Crippen LogP contribution in [0.25, 0.3) is 11.0 Å². The van der Waals surface area contributed by atoms with Gasteiger partial charge in [-0.3, -0.25) is 4.68 Å². The molecule has 0 aliphatic rings. The third-order valence-corrected chi connectivity index (χ3v) is 3.13. The van der Waals surface area contributed by atoms with E-state index in [1.54, 1.807) is 16.9 Å². The van der Waals surface area contributed by atoms with Crippen molar-refractivity contribution in [3.8, 4) is 0 Å². The Balaban J connectivity index is 2.06. The molecule has 3 aromatic rings. The molecule has 0 aliphatic carbocycles. The van der Waals surface area contributed by atoms with E-state index in [1.807, 2.05) is 26.4 Å². The lowest BCUT2D eigenvalue weighted by molar-refractivity contribution is 0.491. The number of hydrogen-bond donors (Lipinski definition) is 1. The minimum absolute atomic E-state index is 0.0934. The average Bonchev–Trinajstić information content (AvgIpc) is 2.96. The highest BCUT2D eigenvalue weighted by Crippen LogP contribution is 2.28. The second-order valence-corrected chi connectivity index (χ2v) is 4.50. The molecule has 0 fully saturated rings. The first-order valence-electron chi connectivity index (χ1n) is 6.02. The molecule has 1 unspecified atom stereocenters. The van der Waals surface area contributed by atoms with Crippen LogP contribution in [0, 0.1) is 5.82 Å². The summed E-state index contributed by atoms with van der Waals surface area (Å²) in [6.07, 6.45) is 3.71. The summed E-state index contributed by atoms with van der Waals surface area (Å²) in [7, 11) is 3.72. The fraction of sp³-hybridized carbons (Fsp3) is 0.214. The number of hydrogen-bond acceptors (Lipinski definition) is 3. The summed E-state index contributed by atoms with van der Waals surface area (Å²) in [4.78, 5) is 0. The molecule has 0 radical (unpaired) electrons. The van der Waals surface area contributed by atoms with E-state index in [4.69, 9.17) is 4.42 Å². The van der Waals surface area contributed by atoms with Gasteiger partial charge in [-0.25, -0.2) is 4.39 Å². The zero-order valence-corrected chi connectivity index (χ0v) is 10.7. The molecule has 1 aromatic carbocycles. The van der Waals surface area contributed by atoms with Crippen LogP contribution in [0.1, 0.15) is 17.4 Å². The van der Waals surface area contributed by atoms with Gasteiger partial charge in [0.2, 0.25) is 0 Å². The van der Waals surface area contributed by atoms with E-state index in [0.29, 0.717) is 5.58 Å². The maximum atomic E-state index is 13.2. The molecule has 0 saturated carbocycles. The molecule has 1 atom stereocenters. The number of nitrogens with one attached hydrogen (secondary N) is 1. The van der Waals surface area contributed by atoms with Gasteiger partial charge >= 0.3 is 0 Å². The van der Waals surface area contributed by atoms with Gasteiger partial charge in [-0.15, -0.1) is 0 Å². The van der Waals surface area contributed by atoms with Gasteiger partial charge in [0, 0.05) is 24.2 Å². The maximum Gasteiger partial charge on any atom is 0.134 e. The van der Waals surface area contributed by atoms with E-state index in [0.717, 1.165) is 16.7 Å². The Morgan fingerprint density at radius 2 is 2.21 bits per heavy atom. The Bertz CT molecular complexity index is 716. The second kappa shape index (κ2) is 4.51. The van der Waals surface area contributed by atoms with Crippen LogP contribution in [0.4, 0.5) is 4.39 Å². The monoisotopic (exact) mass is 259 g/mol. The Kier molecular flexibility index (Phi) is 2.83. The van der Waals surface area contributed by atoms with E-state index in [9.17, 15) is 4.39 Å². The molecule has 5 heteroatoms. The topological polar surface area (TPSA) is 43.0 Å². The fourth-order valence-corrected chi connectivity index (χ4v) is 2.24. The van der Waals surface area contributed by atoms with Gasteiger partial charge in [-0.05, 0) is 31.3 Å². The van der Waals surface area contributed by atoms with Crippen molar-refractivity contribution in [3.63, 3.8) is 0 Å².